The second kappa shape index (κ2) is 4.51. The fourth-order valence-corrected chi connectivity index (χ4v) is 3.13. The molecule has 0 N–H and O–H groups in total. The maximum absolute atomic E-state index is 6.07. The molecule has 1 heterocycles. The van der Waals surface area contributed by atoms with Crippen LogP contribution in [0.1, 0.15) is 12.0 Å². The van der Waals surface area contributed by atoms with Crippen LogP contribution in [0.15, 0.2) is 35.3 Å². The number of hydrogen-bond acceptors (Lipinski definition) is 2. The van der Waals surface area contributed by atoms with Gasteiger partial charge in [-0.25, -0.2) is 0 Å². The van der Waals surface area contributed by atoms with Crippen LogP contribution in [0.2, 0.25) is 19.6 Å². The molecule has 0 saturated heterocycles. The summed E-state index contributed by atoms with van der Waals surface area (Å²) in [7, 11) is -1.43. The van der Waals surface area contributed by atoms with Crippen molar-refractivity contribution in [1.29, 1.82) is 0 Å². The van der Waals surface area contributed by atoms with Crippen molar-refractivity contribution in [2.45, 2.75) is 32.2 Å². The first-order valence-corrected chi connectivity index (χ1v) is 9.22. The predicted octanol–water partition coefficient (Wildman–Crippen LogP) is 3.10. The van der Waals surface area contributed by atoms with Gasteiger partial charge in [-0.05, 0) is 25.2 Å². The van der Waals surface area contributed by atoms with Crippen LogP contribution in [0.4, 0.5) is 0 Å². The number of aliphatic imine (C=N–C) groups is 1. The van der Waals surface area contributed by atoms with Gasteiger partial charge in [0, 0.05) is 12.1 Å². The average Bonchev–Trinajstić information content (AvgIpc) is 2.65. The summed E-state index contributed by atoms with van der Waals surface area (Å²) in [5.41, 5.74) is 2.44. The molecule has 1 aliphatic rings. The summed E-state index contributed by atoms with van der Waals surface area (Å²) >= 11 is 0. The Morgan fingerprint density at radius 2 is 1.88 bits per heavy atom. The van der Waals surface area contributed by atoms with Gasteiger partial charge in [0.05, 0.1) is 12.6 Å². The van der Waals surface area contributed by atoms with E-state index in [2.05, 4.69) is 48.9 Å². The standard InChI is InChI=1S/C13H19NOSi/c1-16(2,3)15-12-9-13(14-10-12)11-7-5-4-6-8-11/h4-8,12H,9-10H2,1-3H3. The van der Waals surface area contributed by atoms with Crippen molar-refractivity contribution in [3.8, 4) is 0 Å². The second-order valence-corrected chi connectivity index (χ2v) is 9.67. The van der Waals surface area contributed by atoms with Crippen LogP contribution in [0, 0.1) is 0 Å². The number of rotatable bonds is 3. The van der Waals surface area contributed by atoms with Crippen LogP contribution in [0.5, 0.6) is 0 Å². The maximum atomic E-state index is 6.07. The van der Waals surface area contributed by atoms with Gasteiger partial charge in [-0.15, -0.1) is 0 Å². The monoisotopic (exact) mass is 233 g/mol. The van der Waals surface area contributed by atoms with E-state index in [9.17, 15) is 0 Å². The molecule has 0 saturated carbocycles. The van der Waals surface area contributed by atoms with E-state index in [-0.39, 0.29) is 0 Å². The highest BCUT2D eigenvalue weighted by Crippen LogP contribution is 2.19. The van der Waals surface area contributed by atoms with Crippen molar-refractivity contribution in [3.63, 3.8) is 0 Å². The van der Waals surface area contributed by atoms with Crippen LogP contribution in [-0.4, -0.2) is 26.7 Å². The molecule has 16 heavy (non-hydrogen) atoms. The maximum Gasteiger partial charge on any atom is 0.184 e. The summed E-state index contributed by atoms with van der Waals surface area (Å²) in [5.74, 6) is 0. The normalized spacial score (nSPS) is 20.9. The summed E-state index contributed by atoms with van der Waals surface area (Å²) < 4.78 is 6.07. The van der Waals surface area contributed by atoms with Gasteiger partial charge in [0.1, 0.15) is 0 Å². The summed E-state index contributed by atoms with van der Waals surface area (Å²) in [6.45, 7) is 7.52. The zero-order valence-corrected chi connectivity index (χ0v) is 11.2. The minimum atomic E-state index is -1.43. The Balaban J connectivity index is 1.98. The minimum absolute atomic E-state index is 0.307. The van der Waals surface area contributed by atoms with Gasteiger partial charge in [-0.3, -0.25) is 4.99 Å². The smallest absolute Gasteiger partial charge is 0.184 e. The Morgan fingerprint density at radius 1 is 1.19 bits per heavy atom. The molecule has 1 aromatic rings. The van der Waals surface area contributed by atoms with E-state index >= 15 is 0 Å². The quantitative estimate of drug-likeness (QED) is 0.735. The topological polar surface area (TPSA) is 21.6 Å². The summed E-state index contributed by atoms with van der Waals surface area (Å²) in [5, 5.41) is 0. The van der Waals surface area contributed by atoms with Crippen molar-refractivity contribution < 1.29 is 4.43 Å². The molecule has 0 amide bonds. The number of nitrogens with zero attached hydrogens (tertiary/aromatic N) is 1. The van der Waals surface area contributed by atoms with Crippen molar-refractivity contribution in [1.82, 2.24) is 0 Å². The summed E-state index contributed by atoms with van der Waals surface area (Å²) in [6.07, 6.45) is 1.27. The van der Waals surface area contributed by atoms with E-state index in [1.807, 2.05) is 6.07 Å². The third-order valence-electron chi connectivity index (χ3n) is 2.53. The lowest BCUT2D eigenvalue weighted by Crippen LogP contribution is -2.32. The molecule has 1 aromatic carbocycles. The van der Waals surface area contributed by atoms with Crippen molar-refractivity contribution in [2.75, 3.05) is 6.54 Å². The molecule has 0 aliphatic carbocycles. The van der Waals surface area contributed by atoms with Crippen molar-refractivity contribution in [3.05, 3.63) is 35.9 Å². The highest BCUT2D eigenvalue weighted by Gasteiger charge is 2.26. The van der Waals surface area contributed by atoms with Gasteiger partial charge < -0.3 is 4.43 Å². The Hall–Kier alpha value is -0.933. The fraction of sp³-hybridized carbons (Fsp3) is 0.462. The highest BCUT2D eigenvalue weighted by atomic mass is 28.4. The molecule has 86 valence electrons. The molecule has 0 fully saturated rings. The summed E-state index contributed by atoms with van der Waals surface area (Å²) in [6, 6.07) is 10.4. The van der Waals surface area contributed by atoms with Gasteiger partial charge in [0.15, 0.2) is 8.32 Å². The fourth-order valence-electron chi connectivity index (χ4n) is 1.98. The summed E-state index contributed by atoms with van der Waals surface area (Å²) in [4.78, 5) is 4.59. The Bertz CT molecular complexity index is 381. The van der Waals surface area contributed by atoms with Crippen LogP contribution in [-0.2, 0) is 4.43 Å². The zero-order valence-electron chi connectivity index (χ0n) is 10.2. The molecule has 0 radical (unpaired) electrons. The average molecular weight is 233 g/mol. The van der Waals surface area contributed by atoms with E-state index in [4.69, 9.17) is 4.43 Å². The van der Waals surface area contributed by atoms with E-state index < -0.39 is 8.32 Å². The lowest BCUT2D eigenvalue weighted by atomic mass is 10.1. The second-order valence-electron chi connectivity index (χ2n) is 5.21. The van der Waals surface area contributed by atoms with Crippen LogP contribution in [0.3, 0.4) is 0 Å². The Kier molecular flexibility index (Phi) is 3.26. The molecule has 2 nitrogen and oxygen atoms in total. The predicted molar refractivity (Wildman–Crippen MR) is 70.7 cm³/mol. The molecule has 0 aromatic heterocycles. The van der Waals surface area contributed by atoms with E-state index in [1.165, 1.54) is 11.3 Å². The molecule has 3 heteroatoms. The van der Waals surface area contributed by atoms with E-state index in [1.54, 1.807) is 0 Å². The van der Waals surface area contributed by atoms with Crippen molar-refractivity contribution >= 4 is 14.0 Å². The Morgan fingerprint density at radius 3 is 2.50 bits per heavy atom. The molecule has 1 atom stereocenters. The molecule has 0 bridgehead atoms. The first-order valence-electron chi connectivity index (χ1n) is 5.81. The van der Waals surface area contributed by atoms with Gasteiger partial charge >= 0.3 is 0 Å². The largest absolute Gasteiger partial charge is 0.412 e. The molecule has 0 spiro atoms. The molecular weight excluding hydrogens is 214 g/mol. The van der Waals surface area contributed by atoms with Crippen LogP contribution in [0.25, 0.3) is 0 Å². The molecule has 1 aliphatic heterocycles. The van der Waals surface area contributed by atoms with Gasteiger partial charge in [-0.2, -0.15) is 0 Å². The molecule has 1 unspecified atom stereocenters. The zero-order chi connectivity index (χ0) is 11.6. The van der Waals surface area contributed by atoms with Crippen LogP contribution < -0.4 is 0 Å². The molecular formula is C13H19NOSi. The van der Waals surface area contributed by atoms with Crippen molar-refractivity contribution in [2.24, 2.45) is 4.99 Å². The molecule has 2 rings (SSSR count). The SMILES string of the molecule is C[Si](C)(C)OC1CN=C(c2ccccc2)C1. The van der Waals surface area contributed by atoms with Gasteiger partial charge in [-0.1, -0.05) is 30.3 Å². The van der Waals surface area contributed by atoms with Gasteiger partial charge in [0.25, 0.3) is 0 Å². The van der Waals surface area contributed by atoms with Crippen LogP contribution >= 0.6 is 0 Å². The number of hydrogen-bond donors (Lipinski definition) is 0. The lowest BCUT2D eigenvalue weighted by molar-refractivity contribution is 0.219. The number of benzene rings is 1. The van der Waals surface area contributed by atoms with Gasteiger partial charge in [0.2, 0.25) is 0 Å². The first kappa shape index (κ1) is 11.5. The van der Waals surface area contributed by atoms with E-state index in [0.29, 0.717) is 6.10 Å². The Labute approximate surface area is 98.5 Å². The lowest BCUT2D eigenvalue weighted by Gasteiger charge is -2.22. The third kappa shape index (κ3) is 3.03. The first-order chi connectivity index (χ1) is 7.54. The minimum Gasteiger partial charge on any atom is -0.412 e. The highest BCUT2D eigenvalue weighted by molar-refractivity contribution is 6.69. The third-order valence-corrected chi connectivity index (χ3v) is 3.57. The van der Waals surface area contributed by atoms with E-state index in [0.717, 1.165) is 13.0 Å².